The van der Waals surface area contributed by atoms with Gasteiger partial charge in [-0.15, -0.1) is 0 Å². The third-order valence-electron chi connectivity index (χ3n) is 7.78. The Kier molecular flexibility index (Phi) is 38.9. The van der Waals surface area contributed by atoms with Gasteiger partial charge < -0.3 is 20.1 Å². The number of rotatable bonds is 37. The number of unbranched alkanes of at least 4 members (excludes halogenated alkanes) is 8. The van der Waals surface area contributed by atoms with Crippen LogP contribution in [0.25, 0.3) is 0 Å². The lowest BCUT2D eigenvalue weighted by atomic mass is 10.1. The third-order valence-corrected chi connectivity index (χ3v) is 8.77. The molecule has 0 aliphatic heterocycles. The van der Waals surface area contributed by atoms with E-state index in [1.54, 1.807) is 0 Å². The maximum absolute atomic E-state index is 12.5. The summed E-state index contributed by atoms with van der Waals surface area (Å²) in [7, 11) is -4.33. The second-order valence-corrected chi connectivity index (χ2v) is 14.3. The standard InChI is InChI=1S/C45H74NO7P/c1-3-5-7-9-11-13-15-17-19-21-22-23-24-26-28-30-32-34-36-38-45(47)53-44(43-52-54(48,49)51-41-39-46)42-50-40-37-35-33-31-29-27-25-20-18-16-14-12-10-8-6-4-2/h5,7,11,13,17,19,22-23,25-28,31-34,37,40,44H,3-4,6,8-10,12,14-16,18,20-21,24,29-30,35-36,38-39,41-43,46H2,1-2H3,(H,48,49)/b7-5-,13-11-,19-17-,23-22-,27-25-,28-26-,33-31-,34-32-,40-37+. The fourth-order valence-electron chi connectivity index (χ4n) is 4.83. The molecular formula is C45H74NO7P. The topological polar surface area (TPSA) is 117 Å². The van der Waals surface area contributed by atoms with E-state index in [0.29, 0.717) is 12.8 Å². The number of allylic oxidation sites excluding steroid dienone is 17. The monoisotopic (exact) mass is 772 g/mol. The summed E-state index contributed by atoms with van der Waals surface area (Å²) in [6, 6.07) is 0. The molecule has 8 nitrogen and oxygen atoms in total. The van der Waals surface area contributed by atoms with Crippen LogP contribution in [0.1, 0.15) is 136 Å². The Morgan fingerprint density at radius 2 is 1.06 bits per heavy atom. The van der Waals surface area contributed by atoms with Gasteiger partial charge in [-0.3, -0.25) is 13.8 Å². The molecule has 0 aromatic carbocycles. The molecule has 0 rings (SSSR count). The van der Waals surface area contributed by atoms with E-state index in [1.807, 2.05) is 18.2 Å². The molecule has 306 valence electrons. The van der Waals surface area contributed by atoms with Crippen molar-refractivity contribution < 1.29 is 32.8 Å². The largest absolute Gasteiger partial charge is 0.498 e. The van der Waals surface area contributed by atoms with Gasteiger partial charge in [0.15, 0.2) is 6.10 Å². The van der Waals surface area contributed by atoms with Gasteiger partial charge in [0.1, 0.15) is 6.61 Å². The molecule has 2 atom stereocenters. The lowest BCUT2D eigenvalue weighted by Crippen LogP contribution is -2.27. The van der Waals surface area contributed by atoms with Crippen molar-refractivity contribution in [1.29, 1.82) is 0 Å². The molecule has 0 aliphatic rings. The number of hydrogen-bond acceptors (Lipinski definition) is 7. The Hall–Kier alpha value is -3.00. The molecule has 0 spiro atoms. The first-order valence-corrected chi connectivity index (χ1v) is 21.9. The van der Waals surface area contributed by atoms with Gasteiger partial charge in [-0.1, -0.05) is 156 Å². The number of carbonyl (C=O) groups is 1. The maximum atomic E-state index is 12.5. The van der Waals surface area contributed by atoms with Gasteiger partial charge in [-0.2, -0.15) is 0 Å². The summed E-state index contributed by atoms with van der Waals surface area (Å²) in [5.74, 6) is -0.454. The third kappa shape index (κ3) is 40.2. The molecule has 0 heterocycles. The molecule has 0 saturated heterocycles. The van der Waals surface area contributed by atoms with Crippen LogP contribution < -0.4 is 5.73 Å². The summed E-state index contributed by atoms with van der Waals surface area (Å²) < 4.78 is 32.9. The smallest absolute Gasteiger partial charge is 0.472 e. The van der Waals surface area contributed by atoms with E-state index < -0.39 is 19.9 Å². The van der Waals surface area contributed by atoms with Gasteiger partial charge in [0, 0.05) is 13.0 Å². The normalized spacial score (nSPS) is 14.6. The Labute approximate surface area is 329 Å². The van der Waals surface area contributed by atoms with Crippen LogP contribution in [0, 0.1) is 0 Å². The van der Waals surface area contributed by atoms with E-state index in [0.717, 1.165) is 51.4 Å². The van der Waals surface area contributed by atoms with Crippen molar-refractivity contribution in [3.8, 4) is 0 Å². The average molecular weight is 772 g/mol. The van der Waals surface area contributed by atoms with E-state index in [2.05, 4.69) is 98.9 Å². The van der Waals surface area contributed by atoms with Crippen LogP contribution in [0.2, 0.25) is 0 Å². The quantitative estimate of drug-likeness (QED) is 0.0211. The molecule has 0 aromatic heterocycles. The number of carbonyl (C=O) groups excluding carboxylic acids is 1. The first kappa shape index (κ1) is 51.0. The second-order valence-electron chi connectivity index (χ2n) is 12.8. The number of esters is 1. The Bertz CT molecular complexity index is 1180. The van der Waals surface area contributed by atoms with Crippen LogP contribution in [0.5, 0.6) is 0 Å². The molecule has 0 amide bonds. The first-order valence-electron chi connectivity index (χ1n) is 20.4. The van der Waals surface area contributed by atoms with Crippen molar-refractivity contribution in [2.45, 2.75) is 142 Å². The average Bonchev–Trinajstić information content (AvgIpc) is 3.16. The molecule has 54 heavy (non-hydrogen) atoms. The van der Waals surface area contributed by atoms with Crippen LogP contribution in [-0.2, 0) is 27.9 Å². The minimum Gasteiger partial charge on any atom is -0.498 e. The van der Waals surface area contributed by atoms with Crippen LogP contribution in [0.15, 0.2) is 110 Å². The maximum Gasteiger partial charge on any atom is 0.472 e. The van der Waals surface area contributed by atoms with E-state index in [-0.39, 0.29) is 32.8 Å². The zero-order valence-corrected chi connectivity index (χ0v) is 34.5. The molecule has 0 bridgehead atoms. The molecule has 9 heteroatoms. The fraction of sp³-hybridized carbons (Fsp3) is 0.578. The summed E-state index contributed by atoms with van der Waals surface area (Å²) >= 11 is 0. The van der Waals surface area contributed by atoms with E-state index in [4.69, 9.17) is 24.3 Å². The fourth-order valence-corrected chi connectivity index (χ4v) is 5.60. The van der Waals surface area contributed by atoms with Crippen LogP contribution in [0.4, 0.5) is 0 Å². The summed E-state index contributed by atoms with van der Waals surface area (Å²) in [6.07, 6.45) is 56.5. The minimum atomic E-state index is -4.33. The van der Waals surface area contributed by atoms with Crippen molar-refractivity contribution >= 4 is 13.8 Å². The number of phosphoric ester groups is 1. The lowest BCUT2D eigenvalue weighted by molar-refractivity contribution is -0.153. The highest BCUT2D eigenvalue weighted by Crippen LogP contribution is 2.43. The number of hydrogen-bond donors (Lipinski definition) is 2. The predicted octanol–water partition coefficient (Wildman–Crippen LogP) is 12.4. The van der Waals surface area contributed by atoms with Gasteiger partial charge in [-0.25, -0.2) is 4.57 Å². The van der Waals surface area contributed by atoms with Crippen molar-refractivity contribution in [2.24, 2.45) is 5.73 Å². The molecule has 3 N–H and O–H groups in total. The Morgan fingerprint density at radius 1 is 0.593 bits per heavy atom. The Balaban J connectivity index is 4.36. The molecule has 0 fully saturated rings. The molecule has 0 aromatic rings. The lowest BCUT2D eigenvalue weighted by Gasteiger charge is -2.19. The molecule has 0 saturated carbocycles. The highest BCUT2D eigenvalue weighted by atomic mass is 31.2. The van der Waals surface area contributed by atoms with Crippen molar-refractivity contribution in [3.63, 3.8) is 0 Å². The Morgan fingerprint density at radius 3 is 1.57 bits per heavy atom. The molecule has 2 unspecified atom stereocenters. The first-order chi connectivity index (χ1) is 26.4. The minimum absolute atomic E-state index is 0.0375. The molecular weight excluding hydrogens is 697 g/mol. The van der Waals surface area contributed by atoms with E-state index in [9.17, 15) is 14.3 Å². The second kappa shape index (κ2) is 41.2. The van der Waals surface area contributed by atoms with Crippen LogP contribution in [-0.4, -0.2) is 43.3 Å². The van der Waals surface area contributed by atoms with Crippen LogP contribution >= 0.6 is 7.82 Å². The van der Waals surface area contributed by atoms with Gasteiger partial charge >= 0.3 is 13.8 Å². The summed E-state index contributed by atoms with van der Waals surface area (Å²) in [5.41, 5.74) is 5.35. The zero-order chi connectivity index (χ0) is 39.5. The number of ether oxygens (including phenoxy) is 2. The number of phosphoric acid groups is 1. The predicted molar refractivity (Wildman–Crippen MR) is 228 cm³/mol. The van der Waals surface area contributed by atoms with Gasteiger partial charge in [0.05, 0.1) is 19.5 Å². The zero-order valence-electron chi connectivity index (χ0n) is 33.7. The molecule has 0 radical (unpaired) electrons. The van der Waals surface area contributed by atoms with Gasteiger partial charge in [0.2, 0.25) is 0 Å². The van der Waals surface area contributed by atoms with Crippen LogP contribution in [0.3, 0.4) is 0 Å². The van der Waals surface area contributed by atoms with Gasteiger partial charge in [-0.05, 0) is 76.7 Å². The summed E-state index contributed by atoms with van der Waals surface area (Å²) in [4.78, 5) is 22.4. The number of nitrogens with two attached hydrogens (primary N) is 1. The van der Waals surface area contributed by atoms with E-state index >= 15 is 0 Å². The van der Waals surface area contributed by atoms with Crippen molar-refractivity contribution in [2.75, 3.05) is 26.4 Å². The van der Waals surface area contributed by atoms with Gasteiger partial charge in [0.25, 0.3) is 0 Å². The van der Waals surface area contributed by atoms with E-state index in [1.165, 1.54) is 57.6 Å². The van der Waals surface area contributed by atoms with Crippen molar-refractivity contribution in [3.05, 3.63) is 110 Å². The highest BCUT2D eigenvalue weighted by Gasteiger charge is 2.25. The SMILES string of the molecule is CC/C=C\C/C=C\C/C=C\C/C=C\C/C=C\C/C=C\CCC(=O)OC(CO/C=C/C/C=C\C/C=C\CCCCCCCCCC)COP(=O)(O)OCCN. The van der Waals surface area contributed by atoms with Crippen molar-refractivity contribution in [1.82, 2.24) is 0 Å². The summed E-state index contributed by atoms with van der Waals surface area (Å²) in [5, 5.41) is 0. The molecule has 0 aliphatic carbocycles. The summed E-state index contributed by atoms with van der Waals surface area (Å²) in [6.45, 7) is 3.94. The highest BCUT2D eigenvalue weighted by molar-refractivity contribution is 7.47.